The molecule has 0 unspecified atom stereocenters. The summed E-state index contributed by atoms with van der Waals surface area (Å²) in [5.41, 5.74) is -0.219. The zero-order valence-electron chi connectivity index (χ0n) is 11.0. The molecule has 1 amide bonds. The summed E-state index contributed by atoms with van der Waals surface area (Å²) in [4.78, 5) is 22.4. The second-order valence-corrected chi connectivity index (χ2v) is 4.98. The number of amides is 1. The fourth-order valence-corrected chi connectivity index (χ4v) is 2.28. The van der Waals surface area contributed by atoms with E-state index in [1.165, 1.54) is 0 Å². The van der Waals surface area contributed by atoms with Crippen molar-refractivity contribution in [2.24, 2.45) is 5.41 Å². The van der Waals surface area contributed by atoms with Crippen LogP contribution in [0.15, 0.2) is 0 Å². The van der Waals surface area contributed by atoms with Gasteiger partial charge in [-0.3, -0.25) is 9.59 Å². The second kappa shape index (κ2) is 7.36. The Morgan fingerprint density at radius 3 is 2.56 bits per heavy atom. The summed E-state index contributed by atoms with van der Waals surface area (Å²) >= 11 is 0. The topological polar surface area (TPSA) is 75.6 Å². The summed E-state index contributed by atoms with van der Waals surface area (Å²) in [6.07, 6.45) is 5.28. The minimum Gasteiger partial charge on any atom is -0.481 e. The molecule has 1 saturated carbocycles. The fraction of sp³-hybridized carbons (Fsp3) is 0.846. The van der Waals surface area contributed by atoms with Crippen molar-refractivity contribution in [2.45, 2.75) is 44.9 Å². The van der Waals surface area contributed by atoms with E-state index in [2.05, 4.69) is 5.32 Å². The Labute approximate surface area is 108 Å². The summed E-state index contributed by atoms with van der Waals surface area (Å²) in [5, 5.41) is 11.4. The third-order valence-corrected chi connectivity index (χ3v) is 3.68. The van der Waals surface area contributed by atoms with Gasteiger partial charge in [-0.2, -0.15) is 0 Å². The molecule has 2 N–H and O–H groups in total. The largest absolute Gasteiger partial charge is 0.481 e. The zero-order chi connectivity index (χ0) is 13.4. The monoisotopic (exact) mass is 257 g/mol. The van der Waals surface area contributed by atoms with Gasteiger partial charge in [0.2, 0.25) is 5.91 Å². The third-order valence-electron chi connectivity index (χ3n) is 3.68. The molecule has 18 heavy (non-hydrogen) atoms. The Morgan fingerprint density at radius 1 is 1.33 bits per heavy atom. The van der Waals surface area contributed by atoms with Crippen LogP contribution in [-0.4, -0.2) is 37.2 Å². The van der Waals surface area contributed by atoms with Crippen LogP contribution < -0.4 is 5.32 Å². The molecule has 1 aliphatic rings. The number of ether oxygens (including phenoxy) is 1. The number of unbranched alkanes of at least 4 members (excludes halogenated alkanes) is 1. The van der Waals surface area contributed by atoms with Gasteiger partial charge in [0.15, 0.2) is 0 Å². The number of carboxylic acids is 1. The van der Waals surface area contributed by atoms with Gasteiger partial charge in [-0.15, -0.1) is 0 Å². The van der Waals surface area contributed by atoms with Gasteiger partial charge in [0.05, 0.1) is 5.41 Å². The van der Waals surface area contributed by atoms with Crippen LogP contribution in [0.3, 0.4) is 0 Å². The van der Waals surface area contributed by atoms with Crippen molar-refractivity contribution < 1.29 is 19.4 Å². The third kappa shape index (κ3) is 4.29. The van der Waals surface area contributed by atoms with Gasteiger partial charge in [-0.05, 0) is 32.1 Å². The van der Waals surface area contributed by atoms with Crippen molar-refractivity contribution in [1.29, 1.82) is 0 Å². The highest BCUT2D eigenvalue weighted by Gasteiger charge is 2.43. The van der Waals surface area contributed by atoms with Crippen LogP contribution in [0.1, 0.15) is 44.9 Å². The van der Waals surface area contributed by atoms with Gasteiger partial charge in [0.25, 0.3) is 0 Å². The van der Waals surface area contributed by atoms with Gasteiger partial charge < -0.3 is 15.2 Å². The van der Waals surface area contributed by atoms with Crippen molar-refractivity contribution >= 4 is 11.9 Å². The molecule has 0 saturated heterocycles. The van der Waals surface area contributed by atoms with Crippen molar-refractivity contribution in [3.63, 3.8) is 0 Å². The van der Waals surface area contributed by atoms with Gasteiger partial charge in [-0.25, -0.2) is 0 Å². The van der Waals surface area contributed by atoms with E-state index < -0.39 is 5.97 Å². The fourth-order valence-electron chi connectivity index (χ4n) is 2.28. The van der Waals surface area contributed by atoms with Crippen LogP contribution in [0.5, 0.6) is 0 Å². The number of carbonyl (C=O) groups is 2. The van der Waals surface area contributed by atoms with Crippen molar-refractivity contribution in [3.8, 4) is 0 Å². The van der Waals surface area contributed by atoms with E-state index in [9.17, 15) is 9.59 Å². The molecule has 0 bridgehead atoms. The smallest absolute Gasteiger partial charge is 0.303 e. The molecule has 0 spiro atoms. The van der Waals surface area contributed by atoms with E-state index in [1.54, 1.807) is 7.11 Å². The van der Waals surface area contributed by atoms with Crippen molar-refractivity contribution in [1.82, 2.24) is 5.32 Å². The van der Waals surface area contributed by atoms with E-state index >= 15 is 0 Å². The summed E-state index contributed by atoms with van der Waals surface area (Å²) in [6, 6.07) is 0. The lowest BCUT2D eigenvalue weighted by molar-refractivity contribution is -0.137. The van der Waals surface area contributed by atoms with Gasteiger partial charge in [0.1, 0.15) is 0 Å². The number of methoxy groups -OCH3 is 1. The number of rotatable bonds is 9. The molecule has 1 rings (SSSR count). The lowest BCUT2D eigenvalue weighted by atomic mass is 9.66. The summed E-state index contributed by atoms with van der Waals surface area (Å²) in [5.74, 6) is -0.669. The maximum Gasteiger partial charge on any atom is 0.303 e. The van der Waals surface area contributed by atoms with Gasteiger partial charge >= 0.3 is 5.97 Å². The number of nitrogens with one attached hydrogen (secondary N) is 1. The second-order valence-electron chi connectivity index (χ2n) is 4.98. The number of aliphatic carboxylic acids is 1. The Bertz CT molecular complexity index is 287. The van der Waals surface area contributed by atoms with E-state index in [0.29, 0.717) is 19.6 Å². The molecule has 1 fully saturated rings. The molecule has 0 aromatic rings. The Morgan fingerprint density at radius 2 is 2.06 bits per heavy atom. The lowest BCUT2D eigenvalue weighted by Gasteiger charge is -2.40. The first-order valence-corrected chi connectivity index (χ1v) is 6.60. The SMILES string of the molecule is COCCC1(C(=O)NCCCCC(=O)O)CCC1. The van der Waals surface area contributed by atoms with E-state index in [-0.39, 0.29) is 17.7 Å². The maximum absolute atomic E-state index is 12.1. The first-order valence-electron chi connectivity index (χ1n) is 6.60. The first kappa shape index (κ1) is 15.0. The molecular formula is C13H23NO4. The molecule has 0 heterocycles. The minimum atomic E-state index is -0.781. The summed E-state index contributed by atoms with van der Waals surface area (Å²) in [7, 11) is 1.65. The minimum absolute atomic E-state index is 0.112. The molecule has 5 nitrogen and oxygen atoms in total. The van der Waals surface area contributed by atoms with Gasteiger partial charge in [0, 0.05) is 26.7 Å². The quantitative estimate of drug-likeness (QED) is 0.615. The van der Waals surface area contributed by atoms with Crippen molar-refractivity contribution in [2.75, 3.05) is 20.3 Å². The van der Waals surface area contributed by atoms with Gasteiger partial charge in [-0.1, -0.05) is 6.42 Å². The Kier molecular flexibility index (Phi) is 6.12. The molecule has 1 aliphatic carbocycles. The molecule has 104 valence electrons. The molecule has 0 radical (unpaired) electrons. The molecule has 0 aromatic heterocycles. The van der Waals surface area contributed by atoms with Crippen molar-refractivity contribution in [3.05, 3.63) is 0 Å². The van der Waals surface area contributed by atoms with E-state index in [0.717, 1.165) is 32.1 Å². The van der Waals surface area contributed by atoms with E-state index in [4.69, 9.17) is 9.84 Å². The highest BCUT2D eigenvalue weighted by atomic mass is 16.5. The van der Waals surface area contributed by atoms with Crippen LogP contribution in [0.4, 0.5) is 0 Å². The van der Waals surface area contributed by atoms with Crippen LogP contribution in [0.2, 0.25) is 0 Å². The highest BCUT2D eigenvalue weighted by molar-refractivity contribution is 5.83. The average Bonchev–Trinajstić information content (AvgIpc) is 2.27. The summed E-state index contributed by atoms with van der Waals surface area (Å²) in [6.45, 7) is 1.19. The number of carboxylic acid groups (broad SMARTS) is 1. The highest BCUT2D eigenvalue weighted by Crippen LogP contribution is 2.44. The predicted molar refractivity (Wildman–Crippen MR) is 67.3 cm³/mol. The van der Waals surface area contributed by atoms with E-state index in [1.807, 2.05) is 0 Å². The molecule has 5 heteroatoms. The first-order chi connectivity index (χ1) is 8.60. The van der Waals surface area contributed by atoms with Crippen LogP contribution >= 0.6 is 0 Å². The number of hydrogen-bond donors (Lipinski definition) is 2. The number of carbonyl (C=O) groups excluding carboxylic acids is 1. The van der Waals surface area contributed by atoms with Crippen LogP contribution in [0.25, 0.3) is 0 Å². The van der Waals surface area contributed by atoms with Crippen LogP contribution in [-0.2, 0) is 14.3 Å². The Hall–Kier alpha value is -1.10. The average molecular weight is 257 g/mol. The molecule has 0 aromatic carbocycles. The molecule has 0 aliphatic heterocycles. The maximum atomic E-state index is 12.1. The van der Waals surface area contributed by atoms with Crippen LogP contribution in [0, 0.1) is 5.41 Å². The predicted octanol–water partition coefficient (Wildman–Crippen LogP) is 1.56. The Balaban J connectivity index is 2.20. The zero-order valence-corrected chi connectivity index (χ0v) is 11.0. The standard InChI is InChI=1S/C13H23NO4/c1-18-10-8-13(6-4-7-13)12(17)14-9-3-2-5-11(15)16/h2-10H2,1H3,(H,14,17)(H,15,16). The molecule has 0 atom stereocenters. The normalized spacial score (nSPS) is 16.9. The molecular weight excluding hydrogens is 234 g/mol. The number of hydrogen-bond acceptors (Lipinski definition) is 3. The summed E-state index contributed by atoms with van der Waals surface area (Å²) < 4.78 is 5.05. The lowest BCUT2D eigenvalue weighted by Crippen LogP contribution is -2.46.